The summed E-state index contributed by atoms with van der Waals surface area (Å²) in [5.74, 6) is -0.718. The lowest BCUT2D eigenvalue weighted by Gasteiger charge is -2.03. The van der Waals surface area contributed by atoms with E-state index in [1.165, 1.54) is 16.8 Å². The van der Waals surface area contributed by atoms with Crippen LogP contribution in [0.1, 0.15) is 27.3 Å². The number of benzene rings is 1. The van der Waals surface area contributed by atoms with E-state index in [4.69, 9.17) is 23.2 Å². The Kier molecular flexibility index (Phi) is 4.02. The number of halogens is 2. The molecule has 0 spiro atoms. The molecular weight excluding hydrogens is 287 g/mol. The lowest BCUT2D eigenvalue weighted by Crippen LogP contribution is -2.10. The smallest absolute Gasteiger partial charge is 0.190 e. The minimum atomic E-state index is -0.372. The van der Waals surface area contributed by atoms with Crippen LogP contribution in [0.15, 0.2) is 30.5 Å². The van der Waals surface area contributed by atoms with E-state index in [-0.39, 0.29) is 34.3 Å². The number of carbonyl (C=O) groups is 2. The number of Topliss-reactive ketones (excluding diaryl/α,β-unsaturated/α-hetero) is 2. The topological polar surface area (TPSA) is 52.0 Å². The molecule has 0 saturated carbocycles. The lowest BCUT2D eigenvalue weighted by molar-refractivity contribution is 0.0891. The molecule has 1 heterocycles. The first-order valence-corrected chi connectivity index (χ1v) is 6.24. The molecule has 1 aromatic heterocycles. The van der Waals surface area contributed by atoms with Gasteiger partial charge >= 0.3 is 0 Å². The molecule has 0 aliphatic rings. The fourth-order valence-corrected chi connectivity index (χ4v) is 2.00. The fourth-order valence-electron chi connectivity index (χ4n) is 1.61. The number of aryl methyl sites for hydroxylation is 1. The average Bonchev–Trinajstić information content (AvgIpc) is 2.79. The first kappa shape index (κ1) is 13.8. The zero-order valence-electron chi connectivity index (χ0n) is 10.1. The molecule has 0 aliphatic heterocycles. The van der Waals surface area contributed by atoms with Gasteiger partial charge in [-0.3, -0.25) is 14.3 Å². The highest BCUT2D eigenvalue weighted by atomic mass is 35.5. The van der Waals surface area contributed by atoms with E-state index in [2.05, 4.69) is 5.10 Å². The predicted octanol–water partition coefficient (Wildman–Crippen LogP) is 3.18. The molecule has 0 bridgehead atoms. The van der Waals surface area contributed by atoms with Gasteiger partial charge in [0.1, 0.15) is 5.69 Å². The van der Waals surface area contributed by atoms with Crippen molar-refractivity contribution in [3.8, 4) is 0 Å². The van der Waals surface area contributed by atoms with Crippen molar-refractivity contribution in [2.24, 2.45) is 7.05 Å². The van der Waals surface area contributed by atoms with E-state index in [9.17, 15) is 9.59 Å². The molecule has 0 amide bonds. The van der Waals surface area contributed by atoms with E-state index in [1.54, 1.807) is 25.4 Å². The molecule has 2 aromatic rings. The largest absolute Gasteiger partial charge is 0.294 e. The Bertz CT molecular complexity index is 650. The molecule has 0 unspecified atom stereocenters. The molecule has 98 valence electrons. The van der Waals surface area contributed by atoms with E-state index >= 15 is 0 Å². The molecular formula is C13H10Cl2N2O2. The van der Waals surface area contributed by atoms with Gasteiger partial charge in [-0.05, 0) is 24.3 Å². The maximum atomic E-state index is 12.0. The van der Waals surface area contributed by atoms with Crippen LogP contribution in [0, 0.1) is 0 Å². The van der Waals surface area contributed by atoms with Gasteiger partial charge in [0.05, 0.1) is 11.4 Å². The molecule has 0 atom stereocenters. The molecule has 0 aliphatic carbocycles. The number of hydrogen-bond acceptors (Lipinski definition) is 3. The Morgan fingerprint density at radius 2 is 1.95 bits per heavy atom. The van der Waals surface area contributed by atoms with Crippen LogP contribution in [-0.2, 0) is 7.05 Å². The molecule has 2 rings (SSSR count). The summed E-state index contributed by atoms with van der Waals surface area (Å²) in [5.41, 5.74) is 0.507. The van der Waals surface area contributed by atoms with Gasteiger partial charge in [-0.1, -0.05) is 23.2 Å². The van der Waals surface area contributed by atoms with Crippen molar-refractivity contribution >= 4 is 34.8 Å². The molecule has 19 heavy (non-hydrogen) atoms. The van der Waals surface area contributed by atoms with Gasteiger partial charge in [-0.25, -0.2) is 0 Å². The number of nitrogens with zero attached hydrogens (tertiary/aromatic N) is 2. The monoisotopic (exact) mass is 296 g/mol. The first-order valence-electron chi connectivity index (χ1n) is 5.48. The third-order valence-corrected chi connectivity index (χ3v) is 3.11. The Balaban J connectivity index is 2.17. The van der Waals surface area contributed by atoms with E-state index in [1.807, 2.05) is 0 Å². The van der Waals surface area contributed by atoms with Crippen molar-refractivity contribution in [3.05, 3.63) is 51.8 Å². The summed E-state index contributed by atoms with van der Waals surface area (Å²) >= 11 is 11.7. The minimum Gasteiger partial charge on any atom is -0.294 e. The first-order chi connectivity index (χ1) is 8.97. The van der Waals surface area contributed by atoms with E-state index in [0.29, 0.717) is 5.02 Å². The van der Waals surface area contributed by atoms with Crippen molar-refractivity contribution in [3.63, 3.8) is 0 Å². The molecule has 4 nitrogen and oxygen atoms in total. The Morgan fingerprint density at radius 1 is 1.21 bits per heavy atom. The van der Waals surface area contributed by atoms with Crippen LogP contribution in [0.2, 0.25) is 10.0 Å². The third-order valence-electron chi connectivity index (χ3n) is 2.55. The number of ketones is 2. The number of hydrogen-bond donors (Lipinski definition) is 0. The van der Waals surface area contributed by atoms with Gasteiger partial charge in [0, 0.05) is 23.8 Å². The van der Waals surface area contributed by atoms with Crippen LogP contribution < -0.4 is 0 Å². The van der Waals surface area contributed by atoms with Gasteiger partial charge < -0.3 is 0 Å². The van der Waals surface area contributed by atoms with Crippen molar-refractivity contribution in [2.75, 3.05) is 0 Å². The van der Waals surface area contributed by atoms with Crippen LogP contribution in [0.25, 0.3) is 0 Å². The maximum Gasteiger partial charge on any atom is 0.190 e. The zero-order chi connectivity index (χ0) is 14.0. The predicted molar refractivity (Wildman–Crippen MR) is 72.9 cm³/mol. The maximum absolute atomic E-state index is 12.0. The summed E-state index contributed by atoms with van der Waals surface area (Å²) in [6.45, 7) is 0. The van der Waals surface area contributed by atoms with Crippen LogP contribution in [0.5, 0.6) is 0 Å². The highest BCUT2D eigenvalue weighted by Crippen LogP contribution is 2.22. The lowest BCUT2D eigenvalue weighted by atomic mass is 10.0. The average molecular weight is 297 g/mol. The summed E-state index contributed by atoms with van der Waals surface area (Å²) in [5, 5.41) is 4.63. The second-order valence-corrected chi connectivity index (χ2v) is 4.87. The normalized spacial score (nSPS) is 10.5. The Morgan fingerprint density at radius 3 is 2.58 bits per heavy atom. The third kappa shape index (κ3) is 3.22. The van der Waals surface area contributed by atoms with Crippen molar-refractivity contribution < 1.29 is 9.59 Å². The number of rotatable bonds is 4. The zero-order valence-corrected chi connectivity index (χ0v) is 11.6. The number of aromatic nitrogens is 2. The SMILES string of the molecule is Cn1ccc(C(=O)CC(=O)c2cc(Cl)ccc2Cl)n1. The summed E-state index contributed by atoms with van der Waals surface area (Å²) in [7, 11) is 1.70. The Hall–Kier alpha value is -1.65. The molecule has 0 radical (unpaired) electrons. The van der Waals surface area contributed by atoms with E-state index in [0.717, 1.165) is 0 Å². The summed E-state index contributed by atoms with van der Waals surface area (Å²) in [6.07, 6.45) is 1.36. The molecule has 0 fully saturated rings. The summed E-state index contributed by atoms with van der Waals surface area (Å²) in [4.78, 5) is 23.9. The Labute approximate surface area is 119 Å². The number of carbonyl (C=O) groups excluding carboxylic acids is 2. The fraction of sp³-hybridized carbons (Fsp3) is 0.154. The molecule has 0 saturated heterocycles. The van der Waals surface area contributed by atoms with Gasteiger partial charge in [-0.15, -0.1) is 0 Å². The second-order valence-electron chi connectivity index (χ2n) is 4.02. The summed E-state index contributed by atoms with van der Waals surface area (Å²) in [6, 6.07) is 6.14. The van der Waals surface area contributed by atoms with Crippen LogP contribution in [0.3, 0.4) is 0 Å². The van der Waals surface area contributed by atoms with Crippen LogP contribution in [0.4, 0.5) is 0 Å². The highest BCUT2D eigenvalue weighted by molar-refractivity contribution is 6.36. The van der Waals surface area contributed by atoms with Crippen LogP contribution in [-0.4, -0.2) is 21.3 Å². The highest BCUT2D eigenvalue weighted by Gasteiger charge is 2.18. The van der Waals surface area contributed by atoms with Gasteiger partial charge in [0.25, 0.3) is 0 Å². The quantitative estimate of drug-likeness (QED) is 0.643. The van der Waals surface area contributed by atoms with Gasteiger partial charge in [0.15, 0.2) is 11.6 Å². The minimum absolute atomic E-state index is 0.249. The van der Waals surface area contributed by atoms with Crippen molar-refractivity contribution in [2.45, 2.75) is 6.42 Å². The molecule has 0 N–H and O–H groups in total. The van der Waals surface area contributed by atoms with Gasteiger partial charge in [-0.2, -0.15) is 5.10 Å². The van der Waals surface area contributed by atoms with Crippen molar-refractivity contribution in [1.29, 1.82) is 0 Å². The standard InChI is InChI=1S/C13H10Cl2N2O2/c1-17-5-4-11(16-17)13(19)7-12(18)9-6-8(14)2-3-10(9)15/h2-6H,7H2,1H3. The van der Waals surface area contributed by atoms with Crippen molar-refractivity contribution in [1.82, 2.24) is 9.78 Å². The van der Waals surface area contributed by atoms with E-state index < -0.39 is 0 Å². The second kappa shape index (κ2) is 5.55. The van der Waals surface area contributed by atoms with Gasteiger partial charge in [0.2, 0.25) is 0 Å². The summed E-state index contributed by atoms with van der Waals surface area (Å²) < 4.78 is 1.50. The van der Waals surface area contributed by atoms with Crippen LogP contribution >= 0.6 is 23.2 Å². The molecule has 1 aromatic carbocycles. The molecule has 6 heteroatoms.